The quantitative estimate of drug-likeness (QED) is 0.346. The Morgan fingerprint density at radius 2 is 1.73 bits per heavy atom. The summed E-state index contributed by atoms with van der Waals surface area (Å²) < 4.78 is 10.4. The Morgan fingerprint density at radius 1 is 1.08 bits per heavy atom. The third kappa shape index (κ3) is 6.36. The van der Waals surface area contributed by atoms with Crippen molar-refractivity contribution < 1.29 is 19.4 Å². The number of hydrogen-bond acceptors (Lipinski definition) is 8. The van der Waals surface area contributed by atoms with Crippen molar-refractivity contribution in [3.63, 3.8) is 0 Å². The van der Waals surface area contributed by atoms with Gasteiger partial charge in [-0.25, -0.2) is 4.98 Å². The summed E-state index contributed by atoms with van der Waals surface area (Å²) in [5.41, 5.74) is 2.00. The molecule has 1 amide bonds. The number of anilines is 2. The van der Waals surface area contributed by atoms with Crippen molar-refractivity contribution in [3.05, 3.63) is 69.3 Å². The molecule has 0 radical (unpaired) electrons. The Bertz CT molecular complexity index is 1260. The van der Waals surface area contributed by atoms with Crippen LogP contribution in [0, 0.1) is 0 Å². The molecule has 3 aromatic rings. The molecule has 3 N–H and O–H groups in total. The topological polar surface area (TPSA) is 109 Å². The first-order chi connectivity index (χ1) is 17.9. The van der Waals surface area contributed by atoms with E-state index in [1.807, 2.05) is 17.0 Å². The molecular formula is C26H29Cl2N5O4. The molecule has 2 heterocycles. The number of carbonyl (C=O) groups is 1. The monoisotopic (exact) mass is 545 g/mol. The lowest BCUT2D eigenvalue weighted by Crippen LogP contribution is -2.34. The third-order valence-electron chi connectivity index (χ3n) is 6.21. The van der Waals surface area contributed by atoms with E-state index in [1.165, 1.54) is 6.20 Å². The van der Waals surface area contributed by atoms with E-state index in [0.29, 0.717) is 45.4 Å². The lowest BCUT2D eigenvalue weighted by molar-refractivity contribution is 0.0951. The molecular weight excluding hydrogens is 517 g/mol. The van der Waals surface area contributed by atoms with E-state index in [-0.39, 0.29) is 25.1 Å². The van der Waals surface area contributed by atoms with Gasteiger partial charge in [0.05, 0.1) is 36.9 Å². The van der Waals surface area contributed by atoms with Gasteiger partial charge >= 0.3 is 0 Å². The van der Waals surface area contributed by atoms with Crippen LogP contribution in [0.15, 0.2) is 42.6 Å². The van der Waals surface area contributed by atoms with Crippen LogP contribution >= 0.6 is 23.2 Å². The highest BCUT2D eigenvalue weighted by atomic mass is 35.5. The molecule has 0 unspecified atom stereocenters. The van der Waals surface area contributed by atoms with E-state index < -0.39 is 0 Å². The number of hydrogen-bond donors (Lipinski definition) is 3. The fourth-order valence-electron chi connectivity index (χ4n) is 4.20. The van der Waals surface area contributed by atoms with Crippen LogP contribution < -0.4 is 25.0 Å². The van der Waals surface area contributed by atoms with Gasteiger partial charge < -0.3 is 30.1 Å². The number of benzene rings is 2. The average Bonchev–Trinajstić information content (AvgIpc) is 3.39. The van der Waals surface area contributed by atoms with Gasteiger partial charge in [-0.3, -0.25) is 4.79 Å². The SMILES string of the molecule is COc1ccc(CNC(=O)c2cnc(N3CCC[C@H]3CO)nc2NCc2ccc(OC)c(Cl)c2)cc1Cl. The van der Waals surface area contributed by atoms with Crippen LogP contribution in [0.3, 0.4) is 0 Å². The number of ether oxygens (including phenoxy) is 2. The highest BCUT2D eigenvalue weighted by molar-refractivity contribution is 6.32. The molecule has 1 atom stereocenters. The fraction of sp³-hybridized carbons (Fsp3) is 0.346. The molecule has 1 aromatic heterocycles. The number of methoxy groups -OCH3 is 2. The predicted molar refractivity (Wildman–Crippen MR) is 144 cm³/mol. The molecule has 1 aliphatic heterocycles. The molecule has 0 saturated carbocycles. The van der Waals surface area contributed by atoms with Crippen LogP contribution in [0.25, 0.3) is 0 Å². The smallest absolute Gasteiger partial charge is 0.256 e. The zero-order valence-electron chi connectivity index (χ0n) is 20.6. The Balaban J connectivity index is 1.55. The number of nitrogens with zero attached hydrogens (tertiary/aromatic N) is 3. The van der Waals surface area contributed by atoms with E-state index in [9.17, 15) is 9.90 Å². The van der Waals surface area contributed by atoms with E-state index in [1.54, 1.807) is 38.5 Å². The molecule has 1 aliphatic rings. The minimum atomic E-state index is -0.339. The van der Waals surface area contributed by atoms with Gasteiger partial charge in [-0.15, -0.1) is 0 Å². The van der Waals surface area contributed by atoms with Crippen LogP contribution in [-0.4, -0.2) is 54.4 Å². The number of amides is 1. The first-order valence-corrected chi connectivity index (χ1v) is 12.6. The number of aliphatic hydroxyl groups excluding tert-OH is 1. The summed E-state index contributed by atoms with van der Waals surface area (Å²) in [7, 11) is 3.11. The van der Waals surface area contributed by atoms with Crippen molar-refractivity contribution >= 4 is 40.9 Å². The molecule has 0 aliphatic carbocycles. The number of halogens is 2. The summed E-state index contributed by atoms with van der Waals surface area (Å²) in [6.45, 7) is 1.39. The fourth-order valence-corrected chi connectivity index (χ4v) is 4.76. The molecule has 11 heteroatoms. The van der Waals surface area contributed by atoms with Crippen LogP contribution in [-0.2, 0) is 13.1 Å². The maximum atomic E-state index is 13.2. The van der Waals surface area contributed by atoms with Crippen LogP contribution in [0.5, 0.6) is 11.5 Å². The summed E-state index contributed by atoms with van der Waals surface area (Å²) in [5.74, 6) is 1.65. The second kappa shape index (κ2) is 12.3. The van der Waals surface area contributed by atoms with Gasteiger partial charge in [0, 0.05) is 25.8 Å². The second-order valence-electron chi connectivity index (χ2n) is 8.58. The Morgan fingerprint density at radius 3 is 2.32 bits per heavy atom. The van der Waals surface area contributed by atoms with Crippen molar-refractivity contribution in [2.24, 2.45) is 0 Å². The maximum Gasteiger partial charge on any atom is 0.256 e. The van der Waals surface area contributed by atoms with Crippen molar-refractivity contribution in [1.82, 2.24) is 15.3 Å². The Hall–Kier alpha value is -3.27. The number of aliphatic hydroxyl groups is 1. The predicted octanol–water partition coefficient (Wildman–Crippen LogP) is 4.30. The van der Waals surface area contributed by atoms with Crippen molar-refractivity contribution in [1.29, 1.82) is 0 Å². The third-order valence-corrected chi connectivity index (χ3v) is 6.80. The normalized spacial score (nSPS) is 14.9. The standard InChI is InChI=1S/C26H29Cl2N5O4/c1-36-22-7-5-16(10-20(22)27)12-29-24-19(14-31-26(32-24)33-9-3-4-18(33)15-34)25(35)30-13-17-6-8-23(37-2)21(28)11-17/h5-8,10-11,14,18,34H,3-4,9,12-13,15H2,1-2H3,(H,30,35)(H,29,31,32)/t18-/m0/s1. The maximum absolute atomic E-state index is 13.2. The van der Waals surface area contributed by atoms with Crippen molar-refractivity contribution in [3.8, 4) is 11.5 Å². The Labute approximate surface area is 225 Å². The highest BCUT2D eigenvalue weighted by Gasteiger charge is 2.27. The molecule has 1 fully saturated rings. The van der Waals surface area contributed by atoms with Crippen molar-refractivity contribution in [2.75, 3.05) is 37.6 Å². The lowest BCUT2D eigenvalue weighted by atomic mass is 10.2. The molecule has 2 aromatic carbocycles. The summed E-state index contributed by atoms with van der Waals surface area (Å²) in [5, 5.41) is 16.9. The largest absolute Gasteiger partial charge is 0.495 e. The number of rotatable bonds is 10. The van der Waals surface area contributed by atoms with E-state index in [2.05, 4.69) is 20.6 Å². The zero-order chi connectivity index (χ0) is 26.4. The van der Waals surface area contributed by atoms with E-state index in [0.717, 1.165) is 30.5 Å². The van der Waals surface area contributed by atoms with Gasteiger partial charge in [0.2, 0.25) is 5.95 Å². The van der Waals surface area contributed by atoms with Crippen LogP contribution in [0.2, 0.25) is 10.0 Å². The first-order valence-electron chi connectivity index (χ1n) is 11.8. The van der Waals surface area contributed by atoms with Gasteiger partial charge in [-0.05, 0) is 48.2 Å². The number of aromatic nitrogens is 2. The van der Waals surface area contributed by atoms with Gasteiger partial charge in [-0.1, -0.05) is 35.3 Å². The minimum Gasteiger partial charge on any atom is -0.495 e. The van der Waals surface area contributed by atoms with Crippen LogP contribution in [0.1, 0.15) is 34.3 Å². The van der Waals surface area contributed by atoms with Gasteiger partial charge in [0.1, 0.15) is 22.9 Å². The summed E-state index contributed by atoms with van der Waals surface area (Å²) >= 11 is 12.5. The summed E-state index contributed by atoms with van der Waals surface area (Å²) in [4.78, 5) is 24.3. The van der Waals surface area contributed by atoms with E-state index >= 15 is 0 Å². The summed E-state index contributed by atoms with van der Waals surface area (Å²) in [6.07, 6.45) is 3.31. The summed E-state index contributed by atoms with van der Waals surface area (Å²) in [6, 6.07) is 10.7. The molecule has 0 spiro atoms. The average molecular weight is 546 g/mol. The molecule has 1 saturated heterocycles. The van der Waals surface area contributed by atoms with Gasteiger partial charge in [-0.2, -0.15) is 4.98 Å². The van der Waals surface area contributed by atoms with Crippen molar-refractivity contribution in [2.45, 2.75) is 32.0 Å². The molecule has 0 bridgehead atoms. The molecule has 4 rings (SSSR count). The lowest BCUT2D eigenvalue weighted by Gasteiger charge is -2.24. The zero-order valence-corrected chi connectivity index (χ0v) is 22.1. The molecule has 9 nitrogen and oxygen atoms in total. The molecule has 196 valence electrons. The first kappa shape index (κ1) is 26.8. The number of carbonyl (C=O) groups excluding carboxylic acids is 1. The number of nitrogens with one attached hydrogen (secondary N) is 2. The van der Waals surface area contributed by atoms with E-state index in [4.69, 9.17) is 32.7 Å². The molecule has 37 heavy (non-hydrogen) atoms. The van der Waals surface area contributed by atoms with Gasteiger partial charge in [0.25, 0.3) is 5.91 Å². The minimum absolute atomic E-state index is 0.0170. The van der Waals surface area contributed by atoms with Gasteiger partial charge in [0.15, 0.2) is 0 Å². The second-order valence-corrected chi connectivity index (χ2v) is 9.39. The highest BCUT2D eigenvalue weighted by Crippen LogP contribution is 2.28. The van der Waals surface area contributed by atoms with Crippen LogP contribution in [0.4, 0.5) is 11.8 Å². The Kier molecular flexibility index (Phi) is 8.91.